The van der Waals surface area contributed by atoms with Gasteiger partial charge in [0.2, 0.25) is 0 Å². The van der Waals surface area contributed by atoms with Crippen LogP contribution < -0.4 is 10.2 Å². The van der Waals surface area contributed by atoms with E-state index in [-0.39, 0.29) is 11.4 Å². The number of amides is 1. The van der Waals surface area contributed by atoms with Gasteiger partial charge in [-0.2, -0.15) is 13.2 Å². The van der Waals surface area contributed by atoms with E-state index in [1.165, 1.54) is 6.92 Å². The highest BCUT2D eigenvalue weighted by Gasteiger charge is 2.33. The van der Waals surface area contributed by atoms with Gasteiger partial charge in [-0.25, -0.2) is 4.79 Å². The summed E-state index contributed by atoms with van der Waals surface area (Å²) < 4.78 is 38.9. The molecule has 2 heterocycles. The molecule has 1 aliphatic rings. The first-order chi connectivity index (χ1) is 11.3. The summed E-state index contributed by atoms with van der Waals surface area (Å²) in [6, 6.07) is 1.07. The van der Waals surface area contributed by atoms with Gasteiger partial charge in [0.05, 0.1) is 11.3 Å². The number of hydrogen-bond acceptors (Lipinski definition) is 5. The molecule has 9 heteroatoms. The van der Waals surface area contributed by atoms with E-state index in [2.05, 4.69) is 20.3 Å². The van der Waals surface area contributed by atoms with Gasteiger partial charge in [0.1, 0.15) is 11.4 Å². The molecule has 0 bridgehead atoms. The Hall–Kier alpha value is -2.32. The number of aromatic nitrogens is 1. The van der Waals surface area contributed by atoms with Crippen molar-refractivity contribution in [2.45, 2.75) is 32.9 Å². The van der Waals surface area contributed by atoms with E-state index in [4.69, 9.17) is 0 Å². The number of nitrogens with one attached hydrogen (secondary N) is 1. The molecule has 1 saturated heterocycles. The molecule has 0 radical (unpaired) electrons. The van der Waals surface area contributed by atoms with Crippen molar-refractivity contribution in [2.75, 3.05) is 24.5 Å². The van der Waals surface area contributed by atoms with Crippen molar-refractivity contribution in [3.8, 4) is 0 Å². The average molecular weight is 344 g/mol. The van der Waals surface area contributed by atoms with Gasteiger partial charge in [0, 0.05) is 25.8 Å². The van der Waals surface area contributed by atoms with E-state index in [0.29, 0.717) is 25.3 Å². The number of halogens is 3. The van der Waals surface area contributed by atoms with Crippen molar-refractivity contribution in [1.29, 1.82) is 0 Å². The molecule has 24 heavy (non-hydrogen) atoms. The summed E-state index contributed by atoms with van der Waals surface area (Å²) >= 11 is 0. The fourth-order valence-corrected chi connectivity index (χ4v) is 2.42. The Balaban J connectivity index is 2.33. The predicted molar refractivity (Wildman–Crippen MR) is 83.1 cm³/mol. The monoisotopic (exact) mass is 344 g/mol. The van der Waals surface area contributed by atoms with Crippen molar-refractivity contribution in [3.05, 3.63) is 23.5 Å². The first kappa shape index (κ1) is 18.0. The molecule has 6 nitrogen and oxygen atoms in total. The first-order valence-corrected chi connectivity index (χ1v) is 7.65. The summed E-state index contributed by atoms with van der Waals surface area (Å²) in [7, 11) is 0. The summed E-state index contributed by atoms with van der Waals surface area (Å²) in [5.74, 6) is 0. The minimum absolute atomic E-state index is 0.233. The quantitative estimate of drug-likeness (QED) is 0.518. The van der Waals surface area contributed by atoms with Gasteiger partial charge in [-0.15, -0.1) is 0 Å². The lowest BCUT2D eigenvalue weighted by Crippen LogP contribution is -2.24. The normalized spacial score (nSPS) is 15.5. The molecule has 132 valence electrons. The summed E-state index contributed by atoms with van der Waals surface area (Å²) in [5, 5.41) is 6.07. The smallest absolute Gasteiger partial charge is 0.370 e. The molecule has 1 fully saturated rings. The highest BCUT2D eigenvalue weighted by atomic mass is 19.4. The molecule has 0 aliphatic carbocycles. The third-order valence-electron chi connectivity index (χ3n) is 3.57. The van der Waals surface area contributed by atoms with Crippen LogP contribution in [0.25, 0.3) is 0 Å². The van der Waals surface area contributed by atoms with E-state index in [1.807, 2.05) is 4.90 Å². The Bertz CT molecular complexity index is 626. The van der Waals surface area contributed by atoms with E-state index in [0.717, 1.165) is 25.1 Å². The van der Waals surface area contributed by atoms with Crippen LogP contribution in [-0.2, 0) is 11.0 Å². The van der Waals surface area contributed by atoms with Gasteiger partial charge in [-0.05, 0) is 32.8 Å². The van der Waals surface area contributed by atoms with Crippen LogP contribution in [0, 0.1) is 0 Å². The predicted octanol–water partition coefficient (Wildman–Crippen LogP) is 3.17. The van der Waals surface area contributed by atoms with Gasteiger partial charge in [0.15, 0.2) is 0 Å². The Morgan fingerprint density at radius 1 is 1.42 bits per heavy atom. The Morgan fingerprint density at radius 3 is 2.67 bits per heavy atom. The second kappa shape index (κ2) is 7.50. The number of hydrogen-bond donors (Lipinski definition) is 1. The average Bonchev–Trinajstić information content (AvgIpc) is 3.05. The van der Waals surface area contributed by atoms with Gasteiger partial charge in [-0.1, -0.05) is 5.16 Å². The fraction of sp³-hybridized carbons (Fsp3) is 0.533. The van der Waals surface area contributed by atoms with Gasteiger partial charge < -0.3 is 10.2 Å². The van der Waals surface area contributed by atoms with Crippen LogP contribution in [0.3, 0.4) is 0 Å². The lowest BCUT2D eigenvalue weighted by molar-refractivity contribution is -0.137. The van der Waals surface area contributed by atoms with Crippen molar-refractivity contribution in [2.24, 2.45) is 5.16 Å². The molecule has 1 aromatic rings. The van der Waals surface area contributed by atoms with Crippen LogP contribution in [0.5, 0.6) is 0 Å². The van der Waals surface area contributed by atoms with Gasteiger partial charge >= 0.3 is 12.3 Å². The zero-order valence-electron chi connectivity index (χ0n) is 13.5. The molecule has 2 rings (SSSR count). The van der Waals surface area contributed by atoms with Gasteiger partial charge in [0.25, 0.3) is 0 Å². The largest absolute Gasteiger partial charge is 0.433 e. The zero-order valence-corrected chi connectivity index (χ0v) is 13.5. The topological polar surface area (TPSA) is 66.8 Å². The molecule has 1 amide bonds. The van der Waals surface area contributed by atoms with Crippen LogP contribution in [0.1, 0.15) is 37.9 Å². The number of alkyl halides is 3. The number of pyridine rings is 1. The van der Waals surface area contributed by atoms with Crippen LogP contribution in [0.15, 0.2) is 17.4 Å². The van der Waals surface area contributed by atoms with Crippen molar-refractivity contribution < 1.29 is 22.8 Å². The minimum Gasteiger partial charge on any atom is -0.370 e. The second-order valence-corrected chi connectivity index (χ2v) is 5.37. The maximum atomic E-state index is 13.0. The van der Waals surface area contributed by atoms with E-state index in [1.54, 1.807) is 6.92 Å². The highest BCUT2D eigenvalue weighted by Crippen LogP contribution is 2.33. The van der Waals surface area contributed by atoms with Crippen molar-refractivity contribution >= 4 is 17.5 Å². The van der Waals surface area contributed by atoms with Crippen LogP contribution in [-0.4, -0.2) is 36.4 Å². The molecule has 0 saturated carbocycles. The number of carbonyl (C=O) groups is 1. The third kappa shape index (κ3) is 4.36. The second-order valence-electron chi connectivity index (χ2n) is 5.37. The molecule has 0 unspecified atom stereocenters. The maximum absolute atomic E-state index is 13.0. The third-order valence-corrected chi connectivity index (χ3v) is 3.57. The van der Waals surface area contributed by atoms with E-state index in [9.17, 15) is 18.0 Å². The van der Waals surface area contributed by atoms with Crippen LogP contribution in [0.2, 0.25) is 0 Å². The van der Waals surface area contributed by atoms with E-state index < -0.39 is 17.8 Å². The number of carbonyl (C=O) groups excluding carboxylic acids is 1. The van der Waals surface area contributed by atoms with Crippen LogP contribution in [0.4, 0.5) is 23.7 Å². The number of rotatable bonds is 4. The zero-order chi connectivity index (χ0) is 17.7. The standard InChI is InChI=1S/C15H19F3N4O2/c1-3-19-14(23)24-21-10(2)13-12(22-6-4-5-7-22)8-11(9-20-13)15(16,17)18/h8-9H,3-7H2,1-2H3,(H,19,23)/b21-10+. The lowest BCUT2D eigenvalue weighted by atomic mass is 10.1. The summed E-state index contributed by atoms with van der Waals surface area (Å²) in [5.41, 5.74) is 0.0414. The Kier molecular flexibility index (Phi) is 5.63. The SMILES string of the molecule is CCNC(=O)O/N=C(\C)c1ncc(C(F)(F)F)cc1N1CCCC1. The fourth-order valence-electron chi connectivity index (χ4n) is 2.42. The Morgan fingerprint density at radius 2 is 2.08 bits per heavy atom. The molecule has 0 aromatic carbocycles. The van der Waals surface area contributed by atoms with Crippen molar-refractivity contribution in [3.63, 3.8) is 0 Å². The van der Waals surface area contributed by atoms with Crippen molar-refractivity contribution in [1.82, 2.24) is 10.3 Å². The molecular weight excluding hydrogens is 325 g/mol. The molecule has 0 atom stereocenters. The first-order valence-electron chi connectivity index (χ1n) is 7.65. The van der Waals surface area contributed by atoms with Gasteiger partial charge in [-0.3, -0.25) is 9.82 Å². The maximum Gasteiger partial charge on any atom is 0.433 e. The number of anilines is 1. The highest BCUT2D eigenvalue weighted by molar-refractivity contribution is 6.01. The molecular formula is C15H19F3N4O2. The molecule has 1 aromatic heterocycles. The molecule has 1 aliphatic heterocycles. The Labute approximate surface area is 137 Å². The number of nitrogens with zero attached hydrogens (tertiary/aromatic N) is 3. The lowest BCUT2D eigenvalue weighted by Gasteiger charge is -2.21. The summed E-state index contributed by atoms with van der Waals surface area (Å²) in [4.78, 5) is 21.7. The minimum atomic E-state index is -4.47. The number of oxime groups is 1. The molecule has 1 N–H and O–H groups in total. The summed E-state index contributed by atoms with van der Waals surface area (Å²) in [6.45, 7) is 4.95. The molecule has 0 spiro atoms. The van der Waals surface area contributed by atoms with Crippen LogP contribution >= 0.6 is 0 Å². The van der Waals surface area contributed by atoms with E-state index >= 15 is 0 Å². The summed E-state index contributed by atoms with van der Waals surface area (Å²) in [6.07, 6.45) is -2.63.